The van der Waals surface area contributed by atoms with Crippen LogP contribution in [0.25, 0.3) is 10.8 Å². The summed E-state index contributed by atoms with van der Waals surface area (Å²) in [6, 6.07) is 14.7. The van der Waals surface area contributed by atoms with E-state index in [4.69, 9.17) is 13.6 Å². The van der Waals surface area contributed by atoms with Gasteiger partial charge in [-0.15, -0.1) is 0 Å². The van der Waals surface area contributed by atoms with Crippen LogP contribution < -0.4 is 16.3 Å². The molecule has 2 N–H and O–H groups in total. The number of amides is 2. The summed E-state index contributed by atoms with van der Waals surface area (Å²) in [5.74, 6) is 0.157. The number of rotatable bonds is 8. The van der Waals surface area contributed by atoms with Gasteiger partial charge in [0.2, 0.25) is 0 Å². The fourth-order valence-corrected chi connectivity index (χ4v) is 6.83. The monoisotopic (exact) mass is 624 g/mol. The fraction of sp³-hybridized carbons (Fsp3) is 0.531. The first kappa shape index (κ1) is 33.1. The van der Waals surface area contributed by atoms with E-state index in [2.05, 4.69) is 83.3 Å². The molecule has 1 aromatic heterocycles. The third kappa shape index (κ3) is 7.82. The van der Waals surface area contributed by atoms with Gasteiger partial charge < -0.3 is 18.9 Å². The Morgan fingerprint density at radius 3 is 2.23 bits per heavy atom. The van der Waals surface area contributed by atoms with E-state index >= 15 is 0 Å². The van der Waals surface area contributed by atoms with Gasteiger partial charge in [0.15, 0.2) is 16.6 Å². The molecule has 0 saturated carbocycles. The summed E-state index contributed by atoms with van der Waals surface area (Å²) in [6.45, 7) is 22.6. The van der Waals surface area contributed by atoms with Crippen LogP contribution in [0.15, 0.2) is 59.5 Å². The quantitative estimate of drug-likeness (QED) is 0.249. The molecule has 1 aliphatic rings. The topological polar surface area (TPSA) is 104 Å². The number of carbonyl (C=O) groups excluding carboxylic acids is 1. The minimum Gasteiger partial charge on any atom is -0.414 e. The second-order valence-electron chi connectivity index (χ2n) is 14.5. The van der Waals surface area contributed by atoms with E-state index in [1.165, 1.54) is 4.57 Å². The maximum atomic E-state index is 13.2. The molecule has 0 bridgehead atoms. The average molecular weight is 625 g/mol. The largest absolute Gasteiger partial charge is 0.414 e. The number of nitrogens with zero attached hydrogens (tertiary/aromatic N) is 2. The highest BCUT2D eigenvalue weighted by atomic mass is 28.4. The minimum absolute atomic E-state index is 0.0229. The summed E-state index contributed by atoms with van der Waals surface area (Å²) < 4.78 is 21.3. The number of carbonyl (C=O) groups is 1. The van der Waals surface area contributed by atoms with Crippen LogP contribution in [0.5, 0.6) is 0 Å². The highest BCUT2D eigenvalue weighted by Gasteiger charge is 2.46. The van der Waals surface area contributed by atoms with Gasteiger partial charge in [-0.1, -0.05) is 71.9 Å². The van der Waals surface area contributed by atoms with Gasteiger partial charge in [-0.05, 0) is 65.2 Å². The second kappa shape index (κ2) is 12.3. The van der Waals surface area contributed by atoms with Crippen molar-refractivity contribution in [2.75, 3.05) is 17.2 Å². The van der Waals surface area contributed by atoms with E-state index in [1.807, 2.05) is 42.5 Å². The molecule has 0 aliphatic carbocycles. The maximum Gasteiger partial charge on any atom is 0.351 e. The van der Waals surface area contributed by atoms with Crippen LogP contribution in [-0.2, 0) is 13.6 Å². The van der Waals surface area contributed by atoms with E-state index in [1.54, 1.807) is 12.3 Å². The standard InChI is InChI=1S/C32H48N4O5Si2/c1-31(2,3)42(7,8)39-21-26-25(41-43(9,10)32(4,5)6)20-28(40-26)36-18-17-27(35-30(36)38)34-29(37)33-24-16-15-22-13-11-12-14-23(22)19-24/h11-19,25-26,28H,20-21H2,1-10H3,(H2,33,34,35,37,38)/t25-,26+,28+/m0/s1. The van der Waals surface area contributed by atoms with Crippen molar-refractivity contribution in [3.8, 4) is 0 Å². The Morgan fingerprint density at radius 2 is 1.60 bits per heavy atom. The third-order valence-corrected chi connectivity index (χ3v) is 18.2. The number of anilines is 2. The van der Waals surface area contributed by atoms with E-state index in [0.29, 0.717) is 18.7 Å². The molecular formula is C32H48N4O5Si2. The summed E-state index contributed by atoms with van der Waals surface area (Å²) in [6.07, 6.45) is 1.04. The number of aromatic nitrogens is 2. The first-order chi connectivity index (χ1) is 19.9. The number of ether oxygens (including phenoxy) is 1. The number of benzene rings is 2. The molecule has 234 valence electrons. The Bertz CT molecular complexity index is 1510. The summed E-state index contributed by atoms with van der Waals surface area (Å²) in [4.78, 5) is 30.0. The zero-order valence-electron chi connectivity index (χ0n) is 27.3. The van der Waals surface area contributed by atoms with E-state index in [9.17, 15) is 9.59 Å². The summed E-state index contributed by atoms with van der Waals surface area (Å²) in [5.41, 5.74) is 0.133. The van der Waals surface area contributed by atoms with Crippen molar-refractivity contribution in [2.45, 2.75) is 103 Å². The van der Waals surface area contributed by atoms with Gasteiger partial charge in [-0.25, -0.2) is 9.59 Å². The first-order valence-corrected chi connectivity index (χ1v) is 20.8. The van der Waals surface area contributed by atoms with E-state index < -0.39 is 34.6 Å². The van der Waals surface area contributed by atoms with Crippen LogP contribution in [-0.4, -0.2) is 51.0 Å². The zero-order chi connectivity index (χ0) is 31.8. The molecule has 2 amide bonds. The molecule has 0 spiro atoms. The molecule has 3 atom stereocenters. The molecule has 2 aromatic carbocycles. The van der Waals surface area contributed by atoms with Crippen molar-refractivity contribution in [3.05, 3.63) is 65.2 Å². The Labute approximate surface area is 257 Å². The lowest BCUT2D eigenvalue weighted by atomic mass is 10.1. The van der Waals surface area contributed by atoms with Crippen LogP contribution in [0.1, 0.15) is 54.2 Å². The summed E-state index contributed by atoms with van der Waals surface area (Å²) >= 11 is 0. The predicted molar refractivity (Wildman–Crippen MR) is 179 cm³/mol. The number of fused-ring (bicyclic) bond motifs is 1. The van der Waals surface area contributed by atoms with Crippen LogP contribution in [0.2, 0.25) is 36.3 Å². The number of urea groups is 1. The number of hydrogen-bond donors (Lipinski definition) is 2. The Balaban J connectivity index is 1.47. The molecule has 9 nitrogen and oxygen atoms in total. The van der Waals surface area contributed by atoms with Crippen molar-refractivity contribution in [1.82, 2.24) is 9.55 Å². The number of nitrogens with one attached hydrogen (secondary N) is 2. The van der Waals surface area contributed by atoms with E-state index in [-0.39, 0.29) is 28.1 Å². The van der Waals surface area contributed by atoms with Crippen molar-refractivity contribution < 1.29 is 18.4 Å². The summed E-state index contributed by atoms with van der Waals surface area (Å²) in [7, 11) is -4.15. The molecule has 3 aromatic rings. The van der Waals surface area contributed by atoms with Crippen LogP contribution >= 0.6 is 0 Å². The van der Waals surface area contributed by atoms with Gasteiger partial charge in [-0.3, -0.25) is 9.88 Å². The van der Waals surface area contributed by atoms with Gasteiger partial charge in [0.25, 0.3) is 0 Å². The van der Waals surface area contributed by atoms with Gasteiger partial charge in [0.05, 0.1) is 12.7 Å². The van der Waals surface area contributed by atoms with E-state index in [0.717, 1.165) is 10.8 Å². The minimum atomic E-state index is -2.12. The van der Waals surface area contributed by atoms with Crippen molar-refractivity contribution >= 4 is 44.9 Å². The lowest BCUT2D eigenvalue weighted by molar-refractivity contribution is -0.0411. The van der Waals surface area contributed by atoms with Crippen molar-refractivity contribution in [1.29, 1.82) is 0 Å². The van der Waals surface area contributed by atoms with Crippen molar-refractivity contribution in [2.24, 2.45) is 0 Å². The van der Waals surface area contributed by atoms with Crippen LogP contribution in [0.3, 0.4) is 0 Å². The molecule has 0 unspecified atom stereocenters. The molecule has 2 heterocycles. The Kier molecular flexibility index (Phi) is 9.44. The molecule has 0 radical (unpaired) electrons. The lowest BCUT2D eigenvalue weighted by Crippen LogP contribution is -2.48. The van der Waals surface area contributed by atoms with Gasteiger partial charge in [0.1, 0.15) is 18.1 Å². The molecule has 43 heavy (non-hydrogen) atoms. The molecule has 11 heteroatoms. The summed E-state index contributed by atoms with van der Waals surface area (Å²) in [5, 5.41) is 7.65. The number of hydrogen-bond acceptors (Lipinski definition) is 6. The van der Waals surface area contributed by atoms with Gasteiger partial charge in [0, 0.05) is 18.3 Å². The van der Waals surface area contributed by atoms with Crippen LogP contribution in [0.4, 0.5) is 16.3 Å². The maximum absolute atomic E-state index is 13.2. The Hall–Kier alpha value is -2.84. The second-order valence-corrected chi connectivity index (χ2v) is 24.1. The molecular weight excluding hydrogens is 577 g/mol. The van der Waals surface area contributed by atoms with Gasteiger partial charge >= 0.3 is 11.7 Å². The Morgan fingerprint density at radius 1 is 0.953 bits per heavy atom. The molecule has 1 saturated heterocycles. The molecule has 4 rings (SSSR count). The highest BCUT2D eigenvalue weighted by molar-refractivity contribution is 6.74. The predicted octanol–water partition coefficient (Wildman–Crippen LogP) is 7.74. The molecule has 1 aliphatic heterocycles. The van der Waals surface area contributed by atoms with Crippen molar-refractivity contribution in [3.63, 3.8) is 0 Å². The smallest absolute Gasteiger partial charge is 0.351 e. The lowest BCUT2D eigenvalue weighted by Gasteiger charge is -2.40. The normalized spacial score (nSPS) is 19.9. The SMILES string of the molecule is CC(C)(C)[Si](C)(C)OC[C@H]1O[C@@H](n2ccc(NC(=O)Nc3ccc4ccccc4c3)nc2=O)C[C@@H]1O[Si](C)(C)C(C)(C)C. The zero-order valence-corrected chi connectivity index (χ0v) is 29.3. The highest BCUT2D eigenvalue weighted by Crippen LogP contribution is 2.42. The average Bonchev–Trinajstić information content (AvgIpc) is 3.27. The fourth-order valence-electron chi connectivity index (χ4n) is 4.45. The third-order valence-electron chi connectivity index (χ3n) is 9.24. The first-order valence-electron chi connectivity index (χ1n) is 15.0. The van der Waals surface area contributed by atoms with Gasteiger partial charge in [-0.2, -0.15) is 4.98 Å². The van der Waals surface area contributed by atoms with Crippen LogP contribution in [0, 0.1) is 0 Å². The molecule has 1 fully saturated rings.